The fourth-order valence-electron chi connectivity index (χ4n) is 1.35. The van der Waals surface area contributed by atoms with Gasteiger partial charge < -0.3 is 10.1 Å². The summed E-state index contributed by atoms with van der Waals surface area (Å²) in [5.41, 5.74) is 0.784. The Labute approximate surface area is 108 Å². The number of rotatable bonds is 7. The van der Waals surface area contributed by atoms with E-state index in [-0.39, 0.29) is 5.91 Å². The lowest BCUT2D eigenvalue weighted by Gasteiger charge is -2.05. The number of nitrogens with zero attached hydrogens (tertiary/aromatic N) is 1. The first-order chi connectivity index (χ1) is 8.76. The maximum Gasteiger partial charge on any atom is 0.224 e. The van der Waals surface area contributed by atoms with Crippen molar-refractivity contribution in [2.75, 3.05) is 11.9 Å². The third kappa shape index (κ3) is 5.48. The maximum absolute atomic E-state index is 11.4. The molecular formula is C14H20N2O2. The lowest BCUT2D eigenvalue weighted by atomic mass is 10.2. The van der Waals surface area contributed by atoms with Gasteiger partial charge in [0.25, 0.3) is 0 Å². The molecule has 4 nitrogen and oxygen atoms in total. The van der Waals surface area contributed by atoms with Crippen LogP contribution in [0.5, 0.6) is 5.75 Å². The topological polar surface area (TPSA) is 50.7 Å². The molecule has 0 saturated heterocycles. The zero-order chi connectivity index (χ0) is 13.2. The number of anilines is 1. The second kappa shape index (κ2) is 8.28. The van der Waals surface area contributed by atoms with Crippen LogP contribution in [0, 0.1) is 0 Å². The molecule has 0 aliphatic heterocycles. The van der Waals surface area contributed by atoms with Crippen LogP contribution in [0.3, 0.4) is 0 Å². The van der Waals surface area contributed by atoms with E-state index in [1.54, 1.807) is 12.1 Å². The number of hydrogen-bond acceptors (Lipinski definition) is 3. The third-order valence-electron chi connectivity index (χ3n) is 2.23. The predicted octanol–water partition coefficient (Wildman–Crippen LogP) is 3.24. The minimum absolute atomic E-state index is 0.0377. The largest absolute Gasteiger partial charge is 0.446 e. The van der Waals surface area contributed by atoms with Crippen LogP contribution in [0.15, 0.2) is 29.3 Å². The fourth-order valence-corrected chi connectivity index (χ4v) is 1.35. The van der Waals surface area contributed by atoms with Crippen LogP contribution in [-0.2, 0) is 4.79 Å². The number of carbonyl (C=O) groups is 1. The minimum atomic E-state index is 0.0377. The third-order valence-corrected chi connectivity index (χ3v) is 2.23. The van der Waals surface area contributed by atoms with E-state index in [9.17, 15) is 4.79 Å². The van der Waals surface area contributed by atoms with Crippen molar-refractivity contribution < 1.29 is 9.53 Å². The van der Waals surface area contributed by atoms with Crippen LogP contribution in [0.2, 0.25) is 0 Å². The van der Waals surface area contributed by atoms with E-state index in [0.29, 0.717) is 12.2 Å². The van der Waals surface area contributed by atoms with E-state index < -0.39 is 0 Å². The van der Waals surface area contributed by atoms with Gasteiger partial charge in [0.1, 0.15) is 5.75 Å². The Balaban J connectivity index is 2.44. The predicted molar refractivity (Wildman–Crippen MR) is 74.3 cm³/mol. The highest BCUT2D eigenvalue weighted by Crippen LogP contribution is 2.15. The summed E-state index contributed by atoms with van der Waals surface area (Å²) in [5.74, 6) is 0.749. The van der Waals surface area contributed by atoms with Gasteiger partial charge in [0.15, 0.2) is 6.40 Å². The van der Waals surface area contributed by atoms with Gasteiger partial charge in [-0.3, -0.25) is 9.79 Å². The quantitative estimate of drug-likeness (QED) is 0.595. The van der Waals surface area contributed by atoms with Gasteiger partial charge in [-0.25, -0.2) is 0 Å². The zero-order valence-corrected chi connectivity index (χ0v) is 11.0. The Kier molecular flexibility index (Phi) is 6.54. The SMILES string of the molecule is CCCN=COc1ccc(NC(=O)CCC)cc1. The molecule has 0 saturated carbocycles. The van der Waals surface area contributed by atoms with Crippen LogP contribution in [0.25, 0.3) is 0 Å². The summed E-state index contributed by atoms with van der Waals surface area (Å²) in [6.07, 6.45) is 3.85. The average molecular weight is 248 g/mol. The number of hydrogen-bond donors (Lipinski definition) is 1. The zero-order valence-electron chi connectivity index (χ0n) is 11.0. The Morgan fingerprint density at radius 1 is 1.28 bits per heavy atom. The highest BCUT2D eigenvalue weighted by Gasteiger charge is 2.00. The number of amides is 1. The van der Waals surface area contributed by atoms with Gasteiger partial charge >= 0.3 is 0 Å². The van der Waals surface area contributed by atoms with E-state index in [4.69, 9.17) is 4.74 Å². The first kappa shape index (κ1) is 14.2. The van der Waals surface area contributed by atoms with Crippen molar-refractivity contribution >= 4 is 18.0 Å². The standard InChI is InChI=1S/C14H20N2O2/c1-3-5-14(17)16-12-6-8-13(9-7-12)18-11-15-10-4-2/h6-9,11H,3-5,10H2,1-2H3,(H,16,17). The smallest absolute Gasteiger partial charge is 0.224 e. The van der Waals surface area contributed by atoms with Gasteiger partial charge in [0, 0.05) is 18.7 Å². The molecule has 0 fully saturated rings. The summed E-state index contributed by atoms with van der Waals surface area (Å²) in [7, 11) is 0. The van der Waals surface area contributed by atoms with E-state index in [1.807, 2.05) is 19.1 Å². The molecule has 18 heavy (non-hydrogen) atoms. The van der Waals surface area contributed by atoms with Gasteiger partial charge in [-0.05, 0) is 37.1 Å². The molecule has 1 N–H and O–H groups in total. The number of aliphatic imine (C=N–C) groups is 1. The summed E-state index contributed by atoms with van der Waals surface area (Å²) in [5, 5.41) is 2.82. The number of benzene rings is 1. The molecule has 98 valence electrons. The molecule has 4 heteroatoms. The van der Waals surface area contributed by atoms with E-state index >= 15 is 0 Å². The number of nitrogens with one attached hydrogen (secondary N) is 1. The first-order valence-electron chi connectivity index (χ1n) is 6.31. The molecule has 0 heterocycles. The Morgan fingerprint density at radius 3 is 2.61 bits per heavy atom. The highest BCUT2D eigenvalue weighted by molar-refractivity contribution is 5.90. The van der Waals surface area contributed by atoms with Crippen LogP contribution in [0.1, 0.15) is 33.1 Å². The summed E-state index contributed by atoms with van der Waals surface area (Å²) >= 11 is 0. The van der Waals surface area contributed by atoms with Crippen molar-refractivity contribution in [3.05, 3.63) is 24.3 Å². The molecule has 0 spiro atoms. The van der Waals surface area contributed by atoms with Gasteiger partial charge in [-0.1, -0.05) is 13.8 Å². The van der Waals surface area contributed by atoms with Crippen molar-refractivity contribution in [3.63, 3.8) is 0 Å². The molecule has 1 amide bonds. The Bertz CT molecular complexity index is 385. The van der Waals surface area contributed by atoms with Crippen LogP contribution < -0.4 is 10.1 Å². The van der Waals surface area contributed by atoms with Crippen LogP contribution in [0.4, 0.5) is 5.69 Å². The minimum Gasteiger partial charge on any atom is -0.446 e. The lowest BCUT2D eigenvalue weighted by Crippen LogP contribution is -2.10. The van der Waals surface area contributed by atoms with Gasteiger partial charge in [-0.2, -0.15) is 0 Å². The average Bonchev–Trinajstić information content (AvgIpc) is 2.37. The van der Waals surface area contributed by atoms with E-state index in [2.05, 4.69) is 17.2 Å². The highest BCUT2D eigenvalue weighted by atomic mass is 16.5. The molecule has 0 radical (unpaired) electrons. The van der Waals surface area contributed by atoms with E-state index in [1.165, 1.54) is 6.40 Å². The van der Waals surface area contributed by atoms with Crippen molar-refractivity contribution in [2.45, 2.75) is 33.1 Å². The molecule has 1 rings (SSSR count). The number of ether oxygens (including phenoxy) is 1. The van der Waals surface area contributed by atoms with Crippen molar-refractivity contribution in [2.24, 2.45) is 4.99 Å². The maximum atomic E-state index is 11.4. The molecule has 0 aliphatic rings. The second-order valence-corrected chi connectivity index (χ2v) is 3.95. The van der Waals surface area contributed by atoms with Crippen molar-refractivity contribution in [1.29, 1.82) is 0 Å². The van der Waals surface area contributed by atoms with Gasteiger partial charge in [0.2, 0.25) is 5.91 Å². The lowest BCUT2D eigenvalue weighted by molar-refractivity contribution is -0.116. The van der Waals surface area contributed by atoms with Crippen LogP contribution >= 0.6 is 0 Å². The van der Waals surface area contributed by atoms with Gasteiger partial charge in [0.05, 0.1) is 0 Å². The summed E-state index contributed by atoms with van der Waals surface area (Å²) < 4.78 is 5.31. The monoisotopic (exact) mass is 248 g/mol. The Morgan fingerprint density at radius 2 is 2.00 bits per heavy atom. The molecular weight excluding hydrogens is 228 g/mol. The molecule has 0 bridgehead atoms. The second-order valence-electron chi connectivity index (χ2n) is 3.95. The summed E-state index contributed by atoms with van der Waals surface area (Å²) in [6, 6.07) is 7.24. The van der Waals surface area contributed by atoms with Gasteiger partial charge in [-0.15, -0.1) is 0 Å². The number of carbonyl (C=O) groups excluding carboxylic acids is 1. The Hall–Kier alpha value is -1.84. The normalized spacial score (nSPS) is 10.6. The summed E-state index contributed by atoms with van der Waals surface area (Å²) in [6.45, 7) is 4.81. The summed E-state index contributed by atoms with van der Waals surface area (Å²) in [4.78, 5) is 15.4. The van der Waals surface area contributed by atoms with Crippen molar-refractivity contribution in [1.82, 2.24) is 0 Å². The molecule has 0 aliphatic carbocycles. The molecule has 1 aromatic rings. The molecule has 0 aromatic heterocycles. The van der Waals surface area contributed by atoms with Crippen molar-refractivity contribution in [3.8, 4) is 5.75 Å². The van der Waals surface area contributed by atoms with Crippen LogP contribution in [-0.4, -0.2) is 18.9 Å². The fraction of sp³-hybridized carbons (Fsp3) is 0.429. The van der Waals surface area contributed by atoms with E-state index in [0.717, 1.165) is 25.1 Å². The first-order valence-corrected chi connectivity index (χ1v) is 6.31. The molecule has 0 unspecified atom stereocenters. The molecule has 0 atom stereocenters. The molecule has 1 aromatic carbocycles.